The number of hydrogen-bond acceptors (Lipinski definition) is 4. The number of aryl methyl sites for hydroxylation is 1. The van der Waals surface area contributed by atoms with Crippen LogP contribution in [0.5, 0.6) is 0 Å². The van der Waals surface area contributed by atoms with Crippen molar-refractivity contribution in [2.75, 3.05) is 6.54 Å². The molecule has 0 radical (unpaired) electrons. The van der Waals surface area contributed by atoms with Crippen molar-refractivity contribution < 1.29 is 4.79 Å². The summed E-state index contributed by atoms with van der Waals surface area (Å²) in [6.45, 7) is 0.946. The van der Waals surface area contributed by atoms with E-state index in [9.17, 15) is 9.59 Å². The number of aromatic nitrogens is 2. The van der Waals surface area contributed by atoms with E-state index in [4.69, 9.17) is 5.73 Å². The molecule has 3 N–H and O–H groups in total. The number of rotatable bonds is 5. The molecule has 1 aliphatic carbocycles. The van der Waals surface area contributed by atoms with Crippen molar-refractivity contribution in [1.29, 1.82) is 0 Å². The Morgan fingerprint density at radius 1 is 1.35 bits per heavy atom. The maximum atomic E-state index is 12.4. The van der Waals surface area contributed by atoms with Crippen molar-refractivity contribution in [3.05, 3.63) is 40.9 Å². The monoisotopic (exact) mass is 314 g/mol. The fourth-order valence-corrected chi connectivity index (χ4v) is 3.28. The van der Waals surface area contributed by atoms with E-state index in [0.717, 1.165) is 19.3 Å². The highest BCUT2D eigenvalue weighted by Crippen LogP contribution is 2.24. The molecule has 1 saturated carbocycles. The number of carbonyl (C=O) groups is 1. The van der Waals surface area contributed by atoms with Crippen LogP contribution in [0.1, 0.15) is 25.7 Å². The topological polar surface area (TPSA) is 90.0 Å². The fourth-order valence-electron chi connectivity index (χ4n) is 3.28. The third kappa shape index (κ3) is 3.42. The summed E-state index contributed by atoms with van der Waals surface area (Å²) >= 11 is 0. The Morgan fingerprint density at radius 2 is 2.17 bits per heavy atom. The van der Waals surface area contributed by atoms with Crippen molar-refractivity contribution in [3.63, 3.8) is 0 Å². The van der Waals surface area contributed by atoms with Gasteiger partial charge in [-0.15, -0.1) is 0 Å². The van der Waals surface area contributed by atoms with Gasteiger partial charge in [-0.3, -0.25) is 14.2 Å². The van der Waals surface area contributed by atoms with Crippen molar-refractivity contribution in [2.24, 2.45) is 11.7 Å². The van der Waals surface area contributed by atoms with Gasteiger partial charge in [0.25, 0.3) is 5.56 Å². The molecule has 6 nitrogen and oxygen atoms in total. The summed E-state index contributed by atoms with van der Waals surface area (Å²) in [5.41, 5.74) is 6.30. The molecule has 0 aliphatic heterocycles. The first kappa shape index (κ1) is 15.7. The van der Waals surface area contributed by atoms with E-state index in [1.807, 2.05) is 12.1 Å². The first-order chi connectivity index (χ1) is 11.2. The summed E-state index contributed by atoms with van der Waals surface area (Å²) in [4.78, 5) is 28.7. The molecule has 1 aromatic heterocycles. The summed E-state index contributed by atoms with van der Waals surface area (Å²) in [6, 6.07) is 7.41. The van der Waals surface area contributed by atoms with Crippen LogP contribution in [0.2, 0.25) is 0 Å². The van der Waals surface area contributed by atoms with Gasteiger partial charge in [-0.1, -0.05) is 18.6 Å². The molecule has 1 aromatic carbocycles. The van der Waals surface area contributed by atoms with E-state index >= 15 is 0 Å². The summed E-state index contributed by atoms with van der Waals surface area (Å²) < 4.78 is 1.50. The number of benzene rings is 1. The van der Waals surface area contributed by atoms with Crippen LogP contribution >= 0.6 is 0 Å². The second-order valence-corrected chi connectivity index (χ2v) is 6.11. The molecular formula is C17H22N4O2. The number of carbonyl (C=O) groups excluding carboxylic acids is 1. The minimum atomic E-state index is -0.107. The lowest BCUT2D eigenvalue weighted by molar-refractivity contribution is -0.122. The predicted octanol–water partition coefficient (Wildman–Crippen LogP) is 1.03. The van der Waals surface area contributed by atoms with Gasteiger partial charge in [-0.25, -0.2) is 4.98 Å². The zero-order valence-corrected chi connectivity index (χ0v) is 13.1. The lowest BCUT2D eigenvalue weighted by atomic mass is 10.0. The Balaban J connectivity index is 1.63. The molecule has 3 rings (SSSR count). The molecule has 0 bridgehead atoms. The number of amides is 1. The Labute approximate surface area is 134 Å². The first-order valence-electron chi connectivity index (χ1n) is 8.12. The number of nitrogens with one attached hydrogen (secondary N) is 1. The molecule has 1 amide bonds. The van der Waals surface area contributed by atoms with Gasteiger partial charge < -0.3 is 11.1 Å². The van der Waals surface area contributed by atoms with Gasteiger partial charge in [0.2, 0.25) is 5.91 Å². The van der Waals surface area contributed by atoms with Crippen LogP contribution in [-0.2, 0) is 11.3 Å². The third-order valence-electron chi connectivity index (χ3n) is 4.62. The quantitative estimate of drug-likeness (QED) is 0.862. The van der Waals surface area contributed by atoms with Gasteiger partial charge in [0.05, 0.1) is 17.2 Å². The van der Waals surface area contributed by atoms with Crippen LogP contribution in [0.25, 0.3) is 10.9 Å². The van der Waals surface area contributed by atoms with Crippen LogP contribution in [0.4, 0.5) is 0 Å². The summed E-state index contributed by atoms with van der Waals surface area (Å²) in [6.07, 6.45) is 4.96. The lowest BCUT2D eigenvalue weighted by Gasteiger charge is -2.19. The van der Waals surface area contributed by atoms with Gasteiger partial charge in [0.15, 0.2) is 0 Å². The Morgan fingerprint density at radius 3 is 3.00 bits per heavy atom. The van der Waals surface area contributed by atoms with E-state index in [1.165, 1.54) is 10.9 Å². The van der Waals surface area contributed by atoms with Gasteiger partial charge >= 0.3 is 0 Å². The average molecular weight is 314 g/mol. The van der Waals surface area contributed by atoms with Crippen LogP contribution in [0, 0.1) is 5.92 Å². The zero-order valence-electron chi connectivity index (χ0n) is 13.1. The summed E-state index contributed by atoms with van der Waals surface area (Å²) in [5.74, 6) is 0.347. The van der Waals surface area contributed by atoms with E-state index in [1.54, 1.807) is 12.1 Å². The first-order valence-corrected chi connectivity index (χ1v) is 8.12. The highest BCUT2D eigenvalue weighted by molar-refractivity contribution is 5.77. The number of para-hydroxylation sites is 1. The number of nitrogens with two attached hydrogens (primary N) is 1. The standard InChI is InChI=1S/C17H22N4O2/c18-10-12-4-3-7-14(12)20-16(22)8-9-21-11-19-15-6-2-1-5-13(15)17(21)23/h1-2,5-6,11-12,14H,3-4,7-10,18H2,(H,20,22). The number of fused-ring (bicyclic) bond motifs is 1. The minimum Gasteiger partial charge on any atom is -0.353 e. The maximum Gasteiger partial charge on any atom is 0.261 e. The van der Waals surface area contributed by atoms with Gasteiger partial charge in [-0.2, -0.15) is 0 Å². The molecular weight excluding hydrogens is 292 g/mol. The zero-order chi connectivity index (χ0) is 16.2. The Bertz CT molecular complexity index is 756. The second-order valence-electron chi connectivity index (χ2n) is 6.11. The highest BCUT2D eigenvalue weighted by atomic mass is 16.2. The molecule has 122 valence electrons. The van der Waals surface area contributed by atoms with Crippen molar-refractivity contribution >= 4 is 16.8 Å². The lowest BCUT2D eigenvalue weighted by Crippen LogP contribution is -2.40. The third-order valence-corrected chi connectivity index (χ3v) is 4.62. The molecule has 2 unspecified atom stereocenters. The van der Waals surface area contributed by atoms with Crippen molar-refractivity contribution in [2.45, 2.75) is 38.3 Å². The summed E-state index contributed by atoms with van der Waals surface area (Å²) in [7, 11) is 0. The van der Waals surface area contributed by atoms with E-state index in [0.29, 0.717) is 29.9 Å². The molecule has 6 heteroatoms. The molecule has 2 atom stereocenters. The predicted molar refractivity (Wildman–Crippen MR) is 88.9 cm³/mol. The van der Waals surface area contributed by atoms with Crippen LogP contribution in [0.15, 0.2) is 35.4 Å². The van der Waals surface area contributed by atoms with Gasteiger partial charge in [0.1, 0.15) is 0 Å². The molecule has 23 heavy (non-hydrogen) atoms. The number of hydrogen-bond donors (Lipinski definition) is 2. The van der Waals surface area contributed by atoms with Crippen LogP contribution in [0.3, 0.4) is 0 Å². The Kier molecular flexibility index (Phi) is 4.71. The molecule has 0 saturated heterocycles. The molecule has 1 aliphatic rings. The van der Waals surface area contributed by atoms with Gasteiger partial charge in [0, 0.05) is 19.0 Å². The molecule has 2 aromatic rings. The second kappa shape index (κ2) is 6.91. The largest absolute Gasteiger partial charge is 0.353 e. The fraction of sp³-hybridized carbons (Fsp3) is 0.471. The molecule has 1 fully saturated rings. The normalized spacial score (nSPS) is 20.7. The van der Waals surface area contributed by atoms with E-state index in [2.05, 4.69) is 10.3 Å². The van der Waals surface area contributed by atoms with E-state index in [-0.39, 0.29) is 23.9 Å². The van der Waals surface area contributed by atoms with E-state index < -0.39 is 0 Å². The van der Waals surface area contributed by atoms with Crippen molar-refractivity contribution in [3.8, 4) is 0 Å². The minimum absolute atomic E-state index is 0.0320. The van der Waals surface area contributed by atoms with Crippen LogP contribution in [-0.4, -0.2) is 28.0 Å². The highest BCUT2D eigenvalue weighted by Gasteiger charge is 2.27. The smallest absolute Gasteiger partial charge is 0.261 e. The van der Waals surface area contributed by atoms with Gasteiger partial charge in [-0.05, 0) is 37.4 Å². The van der Waals surface area contributed by atoms with Crippen molar-refractivity contribution in [1.82, 2.24) is 14.9 Å². The Hall–Kier alpha value is -2.21. The molecule has 1 heterocycles. The SMILES string of the molecule is NCC1CCCC1NC(=O)CCn1cnc2ccccc2c1=O. The molecule has 0 spiro atoms. The number of nitrogens with zero attached hydrogens (tertiary/aromatic N) is 2. The average Bonchev–Trinajstić information content (AvgIpc) is 3.01. The summed E-state index contributed by atoms with van der Waals surface area (Å²) in [5, 5.41) is 3.63. The maximum absolute atomic E-state index is 12.4. The van der Waals surface area contributed by atoms with Crippen LogP contribution < -0.4 is 16.6 Å².